The third-order valence-corrected chi connectivity index (χ3v) is 4.45. The molecular weight excluding hydrogens is 278 g/mol. The van der Waals surface area contributed by atoms with E-state index < -0.39 is 0 Å². The van der Waals surface area contributed by atoms with Crippen LogP contribution in [-0.2, 0) is 6.54 Å². The monoisotopic (exact) mass is 303 g/mol. The molecule has 1 aliphatic rings. The molecule has 0 amide bonds. The van der Waals surface area contributed by atoms with Gasteiger partial charge < -0.3 is 15.1 Å². The van der Waals surface area contributed by atoms with Crippen LogP contribution >= 0.6 is 0 Å². The summed E-state index contributed by atoms with van der Waals surface area (Å²) in [5, 5.41) is 27.8. The summed E-state index contributed by atoms with van der Waals surface area (Å²) in [4.78, 5) is 4.43. The lowest BCUT2D eigenvalue weighted by molar-refractivity contribution is 0.160. The lowest BCUT2D eigenvalue weighted by Crippen LogP contribution is -2.32. The molecule has 2 N–H and O–H groups in total. The summed E-state index contributed by atoms with van der Waals surface area (Å²) in [6, 6.07) is 9.93. The minimum Gasteiger partial charge on any atom is -0.396 e. The van der Waals surface area contributed by atoms with E-state index in [0.29, 0.717) is 12.5 Å². The summed E-state index contributed by atoms with van der Waals surface area (Å²) in [6.45, 7) is 4.41. The normalized spacial score (nSPS) is 22.1. The van der Waals surface area contributed by atoms with Gasteiger partial charge >= 0.3 is 0 Å². The number of hydrogen-bond donors (Lipinski definition) is 2. The SMILES string of the molecule is CN(CCO)C[C@@H]1CN(Cc2ccccc2C#N)C[C@@H]1CO. The maximum Gasteiger partial charge on any atom is 0.0995 e. The first-order valence-corrected chi connectivity index (χ1v) is 7.78. The van der Waals surface area contributed by atoms with Gasteiger partial charge in [0.1, 0.15) is 0 Å². The zero-order valence-corrected chi connectivity index (χ0v) is 13.1. The summed E-state index contributed by atoms with van der Waals surface area (Å²) in [7, 11) is 2.00. The second kappa shape index (κ2) is 8.25. The van der Waals surface area contributed by atoms with Crippen molar-refractivity contribution in [3.63, 3.8) is 0 Å². The van der Waals surface area contributed by atoms with Crippen LogP contribution in [0.25, 0.3) is 0 Å². The molecule has 5 nitrogen and oxygen atoms in total. The van der Waals surface area contributed by atoms with Crippen molar-refractivity contribution in [1.29, 1.82) is 5.26 Å². The Labute approximate surface area is 132 Å². The minimum absolute atomic E-state index is 0.159. The molecule has 1 fully saturated rings. The summed E-state index contributed by atoms with van der Waals surface area (Å²) in [5.74, 6) is 0.659. The number of likely N-dealkylation sites (tertiary alicyclic amines) is 1. The number of nitrogens with zero attached hydrogens (tertiary/aromatic N) is 3. The fraction of sp³-hybridized carbons (Fsp3) is 0.588. The second-order valence-corrected chi connectivity index (χ2v) is 6.15. The van der Waals surface area contributed by atoms with Crippen molar-refractivity contribution in [3.8, 4) is 6.07 Å². The van der Waals surface area contributed by atoms with E-state index in [1.54, 1.807) is 0 Å². The summed E-state index contributed by atoms with van der Waals surface area (Å²) in [5.41, 5.74) is 1.77. The fourth-order valence-corrected chi connectivity index (χ4v) is 3.25. The van der Waals surface area contributed by atoms with Crippen LogP contribution in [0.3, 0.4) is 0 Å². The number of aliphatic hydroxyl groups is 2. The maximum atomic E-state index is 9.62. The van der Waals surface area contributed by atoms with E-state index >= 15 is 0 Å². The van der Waals surface area contributed by atoms with Gasteiger partial charge in [-0.25, -0.2) is 0 Å². The third kappa shape index (κ3) is 4.28. The van der Waals surface area contributed by atoms with Gasteiger partial charge in [0.15, 0.2) is 0 Å². The summed E-state index contributed by atoms with van der Waals surface area (Å²) in [6.07, 6.45) is 0. The predicted molar refractivity (Wildman–Crippen MR) is 85.1 cm³/mol. The van der Waals surface area contributed by atoms with Crippen LogP contribution in [0.5, 0.6) is 0 Å². The molecule has 22 heavy (non-hydrogen) atoms. The second-order valence-electron chi connectivity index (χ2n) is 6.15. The standard InChI is InChI=1S/C17H25N3O2/c1-19(6-7-21)9-16-11-20(12-17(16)13-22)10-15-5-3-2-4-14(15)8-18/h2-5,16-17,21-22H,6-7,9-13H2,1H3/t16-,17-/m1/s1. The molecular formula is C17H25N3O2. The van der Waals surface area contributed by atoms with Gasteiger partial charge in [-0.05, 0) is 30.5 Å². The van der Waals surface area contributed by atoms with Gasteiger partial charge in [-0.2, -0.15) is 5.26 Å². The van der Waals surface area contributed by atoms with E-state index in [1.165, 1.54) is 0 Å². The van der Waals surface area contributed by atoms with Crippen LogP contribution < -0.4 is 0 Å². The van der Waals surface area contributed by atoms with Crippen LogP contribution in [0.2, 0.25) is 0 Å². The first-order valence-electron chi connectivity index (χ1n) is 7.78. The number of likely N-dealkylation sites (N-methyl/N-ethyl adjacent to an activating group) is 1. The van der Waals surface area contributed by atoms with Gasteiger partial charge in [0.2, 0.25) is 0 Å². The fourth-order valence-electron chi connectivity index (χ4n) is 3.25. The quantitative estimate of drug-likeness (QED) is 0.768. The molecule has 0 radical (unpaired) electrons. The molecule has 0 spiro atoms. The number of aliphatic hydroxyl groups excluding tert-OH is 2. The largest absolute Gasteiger partial charge is 0.396 e. The Kier molecular flexibility index (Phi) is 6.34. The van der Waals surface area contributed by atoms with Gasteiger partial charge in [-0.1, -0.05) is 18.2 Å². The Morgan fingerprint density at radius 3 is 2.68 bits per heavy atom. The van der Waals surface area contributed by atoms with Gasteiger partial charge in [-0.15, -0.1) is 0 Å². The van der Waals surface area contributed by atoms with Crippen molar-refractivity contribution >= 4 is 0 Å². The zero-order valence-electron chi connectivity index (χ0n) is 13.1. The molecule has 1 aromatic rings. The van der Waals surface area contributed by atoms with E-state index in [2.05, 4.69) is 15.9 Å². The molecule has 2 atom stereocenters. The van der Waals surface area contributed by atoms with Gasteiger partial charge in [-0.3, -0.25) is 4.90 Å². The van der Waals surface area contributed by atoms with Crippen LogP contribution in [0.1, 0.15) is 11.1 Å². The van der Waals surface area contributed by atoms with Crippen LogP contribution in [0.4, 0.5) is 0 Å². The van der Waals surface area contributed by atoms with E-state index in [0.717, 1.165) is 37.3 Å². The highest BCUT2D eigenvalue weighted by Gasteiger charge is 2.32. The van der Waals surface area contributed by atoms with E-state index in [-0.39, 0.29) is 19.1 Å². The molecule has 0 saturated carbocycles. The summed E-state index contributed by atoms with van der Waals surface area (Å²) < 4.78 is 0. The highest BCUT2D eigenvalue weighted by atomic mass is 16.3. The van der Waals surface area contributed by atoms with E-state index in [4.69, 9.17) is 5.11 Å². The van der Waals surface area contributed by atoms with Crippen LogP contribution in [0, 0.1) is 23.2 Å². The van der Waals surface area contributed by atoms with Crippen molar-refractivity contribution in [2.75, 3.05) is 46.4 Å². The minimum atomic E-state index is 0.159. The molecule has 0 unspecified atom stereocenters. The topological polar surface area (TPSA) is 70.7 Å². The molecule has 1 aromatic carbocycles. The maximum absolute atomic E-state index is 9.62. The molecule has 0 aliphatic carbocycles. The average Bonchev–Trinajstić information content (AvgIpc) is 2.89. The van der Waals surface area contributed by atoms with Crippen LogP contribution in [-0.4, -0.2) is 66.5 Å². The summed E-state index contributed by atoms with van der Waals surface area (Å²) >= 11 is 0. The van der Waals surface area contributed by atoms with Crippen LogP contribution in [0.15, 0.2) is 24.3 Å². The molecule has 0 bridgehead atoms. The lowest BCUT2D eigenvalue weighted by atomic mass is 9.96. The molecule has 2 rings (SSSR count). The smallest absolute Gasteiger partial charge is 0.0995 e. The van der Waals surface area contributed by atoms with Gasteiger partial charge in [0.05, 0.1) is 18.2 Å². The molecule has 120 valence electrons. The first-order chi connectivity index (χ1) is 10.7. The average molecular weight is 303 g/mol. The highest BCUT2D eigenvalue weighted by molar-refractivity contribution is 5.37. The Hall–Kier alpha value is -1.45. The van der Waals surface area contributed by atoms with E-state index in [1.807, 2.05) is 31.3 Å². The molecule has 1 heterocycles. The molecule has 0 aromatic heterocycles. The molecule has 5 heteroatoms. The lowest BCUT2D eigenvalue weighted by Gasteiger charge is -2.23. The number of rotatable bonds is 7. The van der Waals surface area contributed by atoms with Crippen molar-refractivity contribution in [1.82, 2.24) is 9.80 Å². The van der Waals surface area contributed by atoms with Crippen molar-refractivity contribution in [2.45, 2.75) is 6.54 Å². The third-order valence-electron chi connectivity index (χ3n) is 4.45. The Morgan fingerprint density at radius 2 is 2.00 bits per heavy atom. The number of benzene rings is 1. The van der Waals surface area contributed by atoms with Gasteiger partial charge in [0, 0.05) is 39.3 Å². The predicted octanol–water partition coefficient (Wildman–Crippen LogP) is 0.523. The Morgan fingerprint density at radius 1 is 1.27 bits per heavy atom. The van der Waals surface area contributed by atoms with E-state index in [9.17, 15) is 10.4 Å². The zero-order chi connectivity index (χ0) is 15.9. The van der Waals surface area contributed by atoms with Crippen molar-refractivity contribution < 1.29 is 10.2 Å². The number of nitriles is 1. The molecule has 1 aliphatic heterocycles. The molecule has 1 saturated heterocycles. The Bertz CT molecular complexity index is 515. The first kappa shape index (κ1) is 16.9. The van der Waals surface area contributed by atoms with Crippen molar-refractivity contribution in [2.24, 2.45) is 11.8 Å². The van der Waals surface area contributed by atoms with Gasteiger partial charge in [0.25, 0.3) is 0 Å². The van der Waals surface area contributed by atoms with Crippen molar-refractivity contribution in [3.05, 3.63) is 35.4 Å². The highest BCUT2D eigenvalue weighted by Crippen LogP contribution is 2.26. The Balaban J connectivity index is 1.98. The number of hydrogen-bond acceptors (Lipinski definition) is 5.